The van der Waals surface area contributed by atoms with Crippen molar-refractivity contribution in [2.75, 3.05) is 13.6 Å². The number of hydrogen-bond donors (Lipinski definition) is 1. The summed E-state index contributed by atoms with van der Waals surface area (Å²) in [5.74, 6) is 0. The molecule has 0 aromatic carbocycles. The van der Waals surface area contributed by atoms with Crippen LogP contribution in [0.2, 0.25) is 0 Å². The molecule has 1 heterocycles. The fourth-order valence-corrected chi connectivity index (χ4v) is 3.81. The highest BCUT2D eigenvalue weighted by Crippen LogP contribution is 2.24. The molecule has 0 fully saturated rings. The summed E-state index contributed by atoms with van der Waals surface area (Å²) in [6.45, 7) is 2.30. The summed E-state index contributed by atoms with van der Waals surface area (Å²) in [4.78, 5) is 0.738. The molecule has 0 radical (unpaired) electrons. The Labute approximate surface area is 101 Å². The Bertz CT molecular complexity index is 425. The minimum absolute atomic E-state index is 0.228. The second-order valence-corrected chi connectivity index (χ2v) is 6.56. The average Bonchev–Trinajstić information content (AvgIpc) is 2.74. The Hall–Kier alpha value is -0.430. The molecule has 0 saturated heterocycles. The number of sulfonamides is 1. The van der Waals surface area contributed by atoms with E-state index in [0.29, 0.717) is 11.4 Å². The second kappa shape index (κ2) is 5.77. The van der Waals surface area contributed by atoms with E-state index in [9.17, 15) is 8.42 Å². The standard InChI is InChI=1S/C10H17NO3S2/c1-3-4-6-11(2)16(13,14)10-5-7-15-9(10)8-12/h5,7,12H,3-4,6,8H2,1-2H3. The molecule has 0 spiro atoms. The van der Waals surface area contributed by atoms with E-state index in [1.807, 2.05) is 6.92 Å². The number of hydrogen-bond acceptors (Lipinski definition) is 4. The molecule has 4 nitrogen and oxygen atoms in total. The zero-order valence-corrected chi connectivity index (χ0v) is 11.1. The van der Waals surface area contributed by atoms with Crippen molar-refractivity contribution in [2.24, 2.45) is 0 Å². The lowest BCUT2D eigenvalue weighted by Crippen LogP contribution is -2.28. The molecule has 1 aromatic heterocycles. The molecule has 92 valence electrons. The van der Waals surface area contributed by atoms with Crippen molar-refractivity contribution in [2.45, 2.75) is 31.3 Å². The van der Waals surface area contributed by atoms with Crippen LogP contribution in [0.15, 0.2) is 16.3 Å². The van der Waals surface area contributed by atoms with Crippen LogP contribution in [0.5, 0.6) is 0 Å². The SMILES string of the molecule is CCCCN(C)S(=O)(=O)c1ccsc1CO. The van der Waals surface area contributed by atoms with E-state index in [4.69, 9.17) is 5.11 Å². The summed E-state index contributed by atoms with van der Waals surface area (Å²) in [6, 6.07) is 1.55. The van der Waals surface area contributed by atoms with Crippen LogP contribution in [0.3, 0.4) is 0 Å². The minimum Gasteiger partial charge on any atom is -0.391 e. The van der Waals surface area contributed by atoms with Crippen LogP contribution >= 0.6 is 11.3 Å². The molecule has 0 unspecified atom stereocenters. The highest BCUT2D eigenvalue weighted by atomic mass is 32.2. The van der Waals surface area contributed by atoms with Gasteiger partial charge in [0.2, 0.25) is 10.0 Å². The van der Waals surface area contributed by atoms with E-state index < -0.39 is 10.0 Å². The zero-order valence-electron chi connectivity index (χ0n) is 9.51. The van der Waals surface area contributed by atoms with Crippen molar-refractivity contribution in [3.8, 4) is 0 Å². The first-order valence-electron chi connectivity index (χ1n) is 5.17. The van der Waals surface area contributed by atoms with E-state index in [1.165, 1.54) is 15.6 Å². The molecule has 0 saturated carbocycles. The van der Waals surface area contributed by atoms with E-state index >= 15 is 0 Å². The quantitative estimate of drug-likeness (QED) is 0.849. The van der Waals surface area contributed by atoms with Crippen molar-refractivity contribution < 1.29 is 13.5 Å². The molecule has 0 bridgehead atoms. The molecule has 0 atom stereocenters. The monoisotopic (exact) mass is 263 g/mol. The Kier molecular flexibility index (Phi) is 4.91. The predicted molar refractivity (Wildman–Crippen MR) is 65.0 cm³/mol. The Balaban J connectivity index is 2.93. The van der Waals surface area contributed by atoms with Crippen LogP contribution in [0, 0.1) is 0 Å². The van der Waals surface area contributed by atoms with E-state index in [0.717, 1.165) is 12.8 Å². The van der Waals surface area contributed by atoms with Crippen molar-refractivity contribution in [1.82, 2.24) is 4.31 Å². The van der Waals surface area contributed by atoms with Gasteiger partial charge in [-0.1, -0.05) is 13.3 Å². The third-order valence-corrected chi connectivity index (χ3v) is 5.34. The molecule has 1 aromatic rings. The lowest BCUT2D eigenvalue weighted by atomic mass is 10.3. The number of unbranched alkanes of at least 4 members (excludes halogenated alkanes) is 1. The summed E-state index contributed by atoms with van der Waals surface area (Å²) < 4.78 is 25.5. The lowest BCUT2D eigenvalue weighted by molar-refractivity contribution is 0.282. The molecule has 6 heteroatoms. The first-order chi connectivity index (χ1) is 7.54. The summed E-state index contributed by atoms with van der Waals surface area (Å²) in [7, 11) is -1.85. The second-order valence-electron chi connectivity index (χ2n) is 3.55. The van der Waals surface area contributed by atoms with Gasteiger partial charge in [-0.2, -0.15) is 0 Å². The summed E-state index contributed by atoms with van der Waals surface area (Å²) in [5.41, 5.74) is 0. The van der Waals surface area contributed by atoms with Crippen LogP contribution < -0.4 is 0 Å². The van der Waals surface area contributed by atoms with Gasteiger partial charge in [-0.05, 0) is 17.9 Å². The molecule has 0 aliphatic heterocycles. The number of thiophene rings is 1. The van der Waals surface area contributed by atoms with Gasteiger partial charge >= 0.3 is 0 Å². The first-order valence-corrected chi connectivity index (χ1v) is 7.49. The topological polar surface area (TPSA) is 57.6 Å². The van der Waals surface area contributed by atoms with Crippen molar-refractivity contribution >= 4 is 21.4 Å². The maximum absolute atomic E-state index is 12.1. The van der Waals surface area contributed by atoms with Gasteiger partial charge in [0, 0.05) is 18.5 Å². The Morgan fingerprint density at radius 2 is 2.19 bits per heavy atom. The molecule has 0 amide bonds. The fraction of sp³-hybridized carbons (Fsp3) is 0.600. The van der Waals surface area contributed by atoms with Crippen molar-refractivity contribution in [1.29, 1.82) is 0 Å². The van der Waals surface area contributed by atoms with Gasteiger partial charge in [0.15, 0.2) is 0 Å². The Morgan fingerprint density at radius 1 is 1.50 bits per heavy atom. The highest BCUT2D eigenvalue weighted by molar-refractivity contribution is 7.89. The highest BCUT2D eigenvalue weighted by Gasteiger charge is 2.23. The largest absolute Gasteiger partial charge is 0.391 e. The molecule has 0 aliphatic rings. The van der Waals surface area contributed by atoms with Crippen LogP contribution in [0.25, 0.3) is 0 Å². The third-order valence-electron chi connectivity index (χ3n) is 2.36. The van der Waals surface area contributed by atoms with Crippen LogP contribution in [-0.2, 0) is 16.6 Å². The number of aliphatic hydroxyl groups is 1. The van der Waals surface area contributed by atoms with E-state index in [1.54, 1.807) is 18.5 Å². The van der Waals surface area contributed by atoms with E-state index in [-0.39, 0.29) is 11.5 Å². The first kappa shape index (κ1) is 13.6. The molecule has 16 heavy (non-hydrogen) atoms. The average molecular weight is 263 g/mol. The zero-order chi connectivity index (χ0) is 12.2. The minimum atomic E-state index is -3.43. The third kappa shape index (κ3) is 2.82. The van der Waals surface area contributed by atoms with Crippen molar-refractivity contribution in [3.05, 3.63) is 16.3 Å². The van der Waals surface area contributed by atoms with Crippen molar-refractivity contribution in [3.63, 3.8) is 0 Å². The maximum Gasteiger partial charge on any atom is 0.244 e. The molecule has 1 rings (SSSR count). The van der Waals surface area contributed by atoms with Crippen LogP contribution in [-0.4, -0.2) is 31.4 Å². The smallest absolute Gasteiger partial charge is 0.244 e. The normalized spacial score (nSPS) is 12.2. The molecule has 0 aliphatic carbocycles. The van der Waals surface area contributed by atoms with Gasteiger partial charge in [-0.25, -0.2) is 12.7 Å². The lowest BCUT2D eigenvalue weighted by Gasteiger charge is -2.16. The number of rotatable bonds is 6. The van der Waals surface area contributed by atoms with Gasteiger partial charge in [-0.3, -0.25) is 0 Å². The van der Waals surface area contributed by atoms with Crippen LogP contribution in [0.4, 0.5) is 0 Å². The molecular weight excluding hydrogens is 246 g/mol. The summed E-state index contributed by atoms with van der Waals surface area (Å²) >= 11 is 1.26. The predicted octanol–water partition coefficient (Wildman–Crippen LogP) is 1.66. The van der Waals surface area contributed by atoms with Gasteiger partial charge in [0.25, 0.3) is 0 Å². The van der Waals surface area contributed by atoms with Gasteiger partial charge in [0.05, 0.1) is 11.5 Å². The number of nitrogens with zero attached hydrogens (tertiary/aromatic N) is 1. The maximum atomic E-state index is 12.1. The number of aliphatic hydroxyl groups excluding tert-OH is 1. The summed E-state index contributed by atoms with van der Waals surface area (Å²) in [6.07, 6.45) is 1.80. The van der Waals surface area contributed by atoms with Crippen LogP contribution in [0.1, 0.15) is 24.6 Å². The summed E-state index contributed by atoms with van der Waals surface area (Å²) in [5, 5.41) is 10.7. The molecule has 1 N–H and O–H groups in total. The fourth-order valence-electron chi connectivity index (χ4n) is 1.34. The Morgan fingerprint density at radius 3 is 2.75 bits per heavy atom. The van der Waals surface area contributed by atoms with E-state index in [2.05, 4.69) is 0 Å². The van der Waals surface area contributed by atoms with Gasteiger partial charge in [-0.15, -0.1) is 11.3 Å². The van der Waals surface area contributed by atoms with Gasteiger partial charge in [0.1, 0.15) is 0 Å². The molecular formula is C10H17NO3S2. The van der Waals surface area contributed by atoms with Gasteiger partial charge < -0.3 is 5.11 Å².